The third-order valence-electron chi connectivity index (χ3n) is 2.34. The topological polar surface area (TPSA) is 57.6 Å². The number of thioether (sulfide) groups is 1. The zero-order valence-electron chi connectivity index (χ0n) is 10.2. The molecule has 4 nitrogen and oxygen atoms in total. The monoisotopic (exact) mass is 289 g/mol. The third kappa shape index (κ3) is 5.25. The molecule has 0 aromatic heterocycles. The molecule has 0 fully saturated rings. The zero-order chi connectivity index (χ0) is 14.4. The first kappa shape index (κ1) is 15.4. The summed E-state index contributed by atoms with van der Waals surface area (Å²) in [5.74, 6) is -3.10. The molecule has 0 saturated heterocycles. The molecule has 0 unspecified atom stereocenters. The number of carboxylic acids is 1. The second-order valence-electron chi connectivity index (χ2n) is 3.82. The van der Waals surface area contributed by atoms with Gasteiger partial charge in [0.15, 0.2) is 11.6 Å². The number of benzene rings is 1. The first-order chi connectivity index (χ1) is 8.90. The lowest BCUT2D eigenvalue weighted by Gasteiger charge is -2.15. The number of hydrogen-bond donors (Lipinski definition) is 1. The van der Waals surface area contributed by atoms with Gasteiger partial charge < -0.3 is 10.0 Å². The highest BCUT2D eigenvalue weighted by molar-refractivity contribution is 8.00. The average molecular weight is 289 g/mol. The molecular formula is C12H13F2NO3S. The Hall–Kier alpha value is -1.63. The summed E-state index contributed by atoms with van der Waals surface area (Å²) in [6, 6.07) is 3.40. The summed E-state index contributed by atoms with van der Waals surface area (Å²) in [5.41, 5.74) is 0. The fraction of sp³-hybridized carbons (Fsp3) is 0.333. The van der Waals surface area contributed by atoms with E-state index in [0.717, 1.165) is 23.9 Å². The van der Waals surface area contributed by atoms with E-state index in [-0.39, 0.29) is 24.6 Å². The number of amides is 1. The largest absolute Gasteiger partial charge is 0.481 e. The Kier molecular flexibility index (Phi) is 5.75. The molecule has 0 radical (unpaired) electrons. The van der Waals surface area contributed by atoms with Gasteiger partial charge in [0, 0.05) is 18.5 Å². The van der Waals surface area contributed by atoms with E-state index in [1.54, 1.807) is 0 Å². The number of nitrogens with zero attached hydrogens (tertiary/aromatic N) is 1. The van der Waals surface area contributed by atoms with Crippen molar-refractivity contribution in [2.75, 3.05) is 19.3 Å². The van der Waals surface area contributed by atoms with Crippen LogP contribution in [0.5, 0.6) is 0 Å². The van der Waals surface area contributed by atoms with Gasteiger partial charge in [0.25, 0.3) is 0 Å². The smallest absolute Gasteiger partial charge is 0.305 e. The minimum atomic E-state index is -0.979. The molecular weight excluding hydrogens is 276 g/mol. The van der Waals surface area contributed by atoms with E-state index in [0.29, 0.717) is 4.90 Å². The van der Waals surface area contributed by atoms with Crippen LogP contribution in [0.2, 0.25) is 0 Å². The Labute approximate surface area is 113 Å². The summed E-state index contributed by atoms with van der Waals surface area (Å²) in [6.07, 6.45) is -0.127. The number of rotatable bonds is 6. The van der Waals surface area contributed by atoms with Crippen LogP contribution in [0.3, 0.4) is 0 Å². The normalized spacial score (nSPS) is 10.3. The second kappa shape index (κ2) is 7.08. The number of carbonyl (C=O) groups is 2. The molecule has 1 aromatic rings. The standard InChI is InChI=1S/C12H13F2NO3S/c1-15(5-4-12(17)18)11(16)7-19-8-2-3-9(13)10(14)6-8/h2-3,6H,4-5,7H2,1H3,(H,17,18). The predicted molar refractivity (Wildman–Crippen MR) is 67.0 cm³/mol. The number of carbonyl (C=O) groups excluding carboxylic acids is 1. The van der Waals surface area contributed by atoms with Crippen LogP contribution >= 0.6 is 11.8 Å². The summed E-state index contributed by atoms with van der Waals surface area (Å²) in [6.45, 7) is 0.118. The van der Waals surface area contributed by atoms with Crippen LogP contribution in [0.1, 0.15) is 6.42 Å². The van der Waals surface area contributed by atoms with Crippen LogP contribution < -0.4 is 0 Å². The number of hydrogen-bond acceptors (Lipinski definition) is 3. The molecule has 0 spiro atoms. The maximum absolute atomic E-state index is 12.9. The molecule has 0 aliphatic carbocycles. The predicted octanol–water partition coefficient (Wildman–Crippen LogP) is 1.99. The van der Waals surface area contributed by atoms with Gasteiger partial charge in [-0.1, -0.05) is 0 Å². The van der Waals surface area contributed by atoms with Crippen molar-refractivity contribution in [2.24, 2.45) is 0 Å². The van der Waals surface area contributed by atoms with E-state index < -0.39 is 17.6 Å². The molecule has 1 amide bonds. The van der Waals surface area contributed by atoms with E-state index in [9.17, 15) is 18.4 Å². The van der Waals surface area contributed by atoms with Gasteiger partial charge in [-0.2, -0.15) is 0 Å². The van der Waals surface area contributed by atoms with Gasteiger partial charge in [0.1, 0.15) is 0 Å². The van der Waals surface area contributed by atoms with E-state index in [1.165, 1.54) is 18.0 Å². The van der Waals surface area contributed by atoms with E-state index in [2.05, 4.69) is 0 Å². The molecule has 0 saturated carbocycles. The Morgan fingerprint density at radius 2 is 2.00 bits per heavy atom. The lowest BCUT2D eigenvalue weighted by molar-refractivity contribution is -0.137. The molecule has 1 aromatic carbocycles. The fourth-order valence-electron chi connectivity index (χ4n) is 1.21. The maximum Gasteiger partial charge on any atom is 0.305 e. The van der Waals surface area contributed by atoms with Crippen LogP contribution in [0.15, 0.2) is 23.1 Å². The van der Waals surface area contributed by atoms with E-state index in [4.69, 9.17) is 5.11 Å². The van der Waals surface area contributed by atoms with Crippen molar-refractivity contribution in [3.63, 3.8) is 0 Å². The molecule has 1 N–H and O–H groups in total. The summed E-state index contributed by atoms with van der Waals surface area (Å²) < 4.78 is 25.6. The van der Waals surface area contributed by atoms with E-state index in [1.807, 2.05) is 0 Å². The Bertz CT molecular complexity index is 482. The molecule has 104 valence electrons. The number of halogens is 2. The summed E-state index contributed by atoms with van der Waals surface area (Å²) >= 11 is 1.07. The van der Waals surface area contributed by atoms with Crippen molar-refractivity contribution < 1.29 is 23.5 Å². The lowest BCUT2D eigenvalue weighted by atomic mass is 10.3. The molecule has 0 atom stereocenters. The van der Waals surface area contributed by atoms with Crippen LogP contribution in [-0.4, -0.2) is 41.2 Å². The van der Waals surface area contributed by atoms with Gasteiger partial charge >= 0.3 is 5.97 Å². The van der Waals surface area contributed by atoms with Gasteiger partial charge in [0.2, 0.25) is 5.91 Å². The molecule has 1 rings (SSSR count). The van der Waals surface area contributed by atoms with Crippen molar-refractivity contribution in [3.8, 4) is 0 Å². The Morgan fingerprint density at radius 3 is 2.58 bits per heavy atom. The molecule has 0 aliphatic rings. The lowest BCUT2D eigenvalue weighted by Crippen LogP contribution is -2.30. The summed E-state index contributed by atoms with van der Waals surface area (Å²) in [7, 11) is 1.50. The second-order valence-corrected chi connectivity index (χ2v) is 4.87. The molecule has 19 heavy (non-hydrogen) atoms. The zero-order valence-corrected chi connectivity index (χ0v) is 11.0. The van der Waals surface area contributed by atoms with Crippen LogP contribution in [-0.2, 0) is 9.59 Å². The minimum Gasteiger partial charge on any atom is -0.481 e. The van der Waals surface area contributed by atoms with Gasteiger partial charge in [-0.3, -0.25) is 9.59 Å². The molecule has 0 aliphatic heterocycles. The van der Waals surface area contributed by atoms with Crippen molar-refractivity contribution in [3.05, 3.63) is 29.8 Å². The average Bonchev–Trinajstić information content (AvgIpc) is 2.36. The first-order valence-corrected chi connectivity index (χ1v) is 6.42. The minimum absolute atomic E-state index is 0.0428. The quantitative estimate of drug-likeness (QED) is 0.814. The highest BCUT2D eigenvalue weighted by Gasteiger charge is 2.11. The van der Waals surface area contributed by atoms with Crippen LogP contribution in [0.4, 0.5) is 8.78 Å². The maximum atomic E-state index is 12.9. The highest BCUT2D eigenvalue weighted by Crippen LogP contribution is 2.20. The van der Waals surface area contributed by atoms with Crippen molar-refractivity contribution >= 4 is 23.6 Å². The molecule has 7 heteroatoms. The Balaban J connectivity index is 2.44. The highest BCUT2D eigenvalue weighted by atomic mass is 32.2. The summed E-state index contributed by atoms with van der Waals surface area (Å²) in [4.78, 5) is 23.7. The van der Waals surface area contributed by atoms with Crippen molar-refractivity contribution in [1.29, 1.82) is 0 Å². The first-order valence-electron chi connectivity index (χ1n) is 5.43. The van der Waals surface area contributed by atoms with Gasteiger partial charge in [-0.15, -0.1) is 11.8 Å². The molecule has 0 heterocycles. The third-order valence-corrected chi connectivity index (χ3v) is 3.32. The van der Waals surface area contributed by atoms with E-state index >= 15 is 0 Å². The Morgan fingerprint density at radius 1 is 1.32 bits per heavy atom. The molecule has 0 bridgehead atoms. The van der Waals surface area contributed by atoms with Crippen LogP contribution in [0, 0.1) is 11.6 Å². The van der Waals surface area contributed by atoms with Gasteiger partial charge in [-0.05, 0) is 18.2 Å². The van der Waals surface area contributed by atoms with Crippen molar-refractivity contribution in [1.82, 2.24) is 4.90 Å². The van der Waals surface area contributed by atoms with Gasteiger partial charge in [-0.25, -0.2) is 8.78 Å². The van der Waals surface area contributed by atoms with Gasteiger partial charge in [0.05, 0.1) is 12.2 Å². The number of carboxylic acid groups (broad SMARTS) is 1. The fourth-order valence-corrected chi connectivity index (χ4v) is 2.07. The summed E-state index contributed by atoms with van der Waals surface area (Å²) in [5, 5.41) is 8.49. The SMILES string of the molecule is CN(CCC(=O)O)C(=O)CSc1ccc(F)c(F)c1. The number of aliphatic carboxylic acids is 1. The van der Waals surface area contributed by atoms with Crippen LogP contribution in [0.25, 0.3) is 0 Å². The van der Waals surface area contributed by atoms with Crippen molar-refractivity contribution in [2.45, 2.75) is 11.3 Å².